The molecule has 2 aliphatic heterocycles. The molecule has 6 heteroatoms. The number of carbonyl (C=O) groups excluding carboxylic acids is 1. The number of likely N-dealkylation sites (tertiary alicyclic amines) is 1. The van der Waals surface area contributed by atoms with Crippen molar-refractivity contribution in [1.29, 1.82) is 0 Å². The van der Waals surface area contributed by atoms with Crippen molar-refractivity contribution in [1.82, 2.24) is 20.0 Å². The lowest BCUT2D eigenvalue weighted by Crippen LogP contribution is -2.51. The Balaban J connectivity index is 1.55. The number of ether oxygens (including phenoxy) is 1. The van der Waals surface area contributed by atoms with Gasteiger partial charge in [-0.05, 0) is 32.3 Å². The molecule has 0 spiro atoms. The molecule has 27 heavy (non-hydrogen) atoms. The topological polar surface area (TPSA) is 61.5 Å². The zero-order valence-corrected chi connectivity index (χ0v) is 16.0. The quantitative estimate of drug-likeness (QED) is 0.901. The number of carbonyl (C=O) groups is 1. The van der Waals surface area contributed by atoms with Crippen LogP contribution in [0.5, 0.6) is 0 Å². The van der Waals surface area contributed by atoms with Crippen LogP contribution in [0.4, 0.5) is 0 Å². The fraction of sp³-hybridized carbons (Fsp3) is 0.524. The average molecular weight is 368 g/mol. The maximum Gasteiger partial charge on any atom is 0.257 e. The van der Waals surface area contributed by atoms with Crippen LogP contribution in [-0.2, 0) is 4.74 Å². The molecule has 1 N–H and O–H groups in total. The zero-order valence-electron chi connectivity index (χ0n) is 16.0. The molecule has 6 nitrogen and oxygen atoms in total. The van der Waals surface area contributed by atoms with Gasteiger partial charge in [-0.25, -0.2) is 0 Å². The van der Waals surface area contributed by atoms with E-state index in [0.29, 0.717) is 5.56 Å². The van der Waals surface area contributed by atoms with Crippen molar-refractivity contribution in [3.05, 3.63) is 41.6 Å². The van der Waals surface area contributed by atoms with Crippen LogP contribution in [0.2, 0.25) is 0 Å². The van der Waals surface area contributed by atoms with Gasteiger partial charge >= 0.3 is 0 Å². The second-order valence-corrected chi connectivity index (χ2v) is 7.59. The summed E-state index contributed by atoms with van der Waals surface area (Å²) in [5.74, 6) is 0.0956. The van der Waals surface area contributed by atoms with Crippen LogP contribution in [0, 0.1) is 6.92 Å². The molecule has 1 atom stereocenters. The summed E-state index contributed by atoms with van der Waals surface area (Å²) in [5.41, 5.74) is 3.68. The lowest BCUT2D eigenvalue weighted by atomic mass is 9.99. The molecule has 0 saturated carbocycles. The van der Waals surface area contributed by atoms with Gasteiger partial charge in [-0.1, -0.05) is 23.8 Å². The third kappa shape index (κ3) is 4.06. The molecule has 0 radical (unpaired) electrons. The first-order valence-corrected chi connectivity index (χ1v) is 9.94. The van der Waals surface area contributed by atoms with E-state index in [4.69, 9.17) is 4.74 Å². The SMILES string of the molecule is Cc1cccc(-c2[nH]ncc2C(=O)N2CCCC[C@@H]2CN2CCOCC2)c1. The Morgan fingerprint density at radius 2 is 2.11 bits per heavy atom. The smallest absolute Gasteiger partial charge is 0.257 e. The summed E-state index contributed by atoms with van der Waals surface area (Å²) in [6.45, 7) is 7.32. The fourth-order valence-electron chi connectivity index (χ4n) is 4.16. The summed E-state index contributed by atoms with van der Waals surface area (Å²) >= 11 is 0. The minimum Gasteiger partial charge on any atom is -0.379 e. The van der Waals surface area contributed by atoms with E-state index >= 15 is 0 Å². The van der Waals surface area contributed by atoms with Gasteiger partial charge in [-0.15, -0.1) is 0 Å². The fourth-order valence-corrected chi connectivity index (χ4v) is 4.16. The number of hydrogen-bond donors (Lipinski definition) is 1. The van der Waals surface area contributed by atoms with Crippen molar-refractivity contribution < 1.29 is 9.53 Å². The highest BCUT2D eigenvalue weighted by Gasteiger charge is 2.31. The Morgan fingerprint density at radius 1 is 1.26 bits per heavy atom. The molecule has 1 aromatic heterocycles. The standard InChI is InChI=1S/C21H28N4O2/c1-16-5-4-6-17(13-16)20-19(14-22-23-20)21(26)25-8-3-2-7-18(25)15-24-9-11-27-12-10-24/h4-6,13-14,18H,2-3,7-12,15H2,1H3,(H,22,23)/t18-/m1/s1. The van der Waals surface area contributed by atoms with Crippen molar-refractivity contribution in [2.24, 2.45) is 0 Å². The number of aromatic nitrogens is 2. The predicted molar refractivity (Wildman–Crippen MR) is 105 cm³/mol. The highest BCUT2D eigenvalue weighted by atomic mass is 16.5. The number of nitrogens with zero attached hydrogens (tertiary/aromatic N) is 3. The van der Waals surface area contributed by atoms with E-state index in [1.54, 1.807) is 6.20 Å². The molecule has 0 unspecified atom stereocenters. The number of H-pyrrole nitrogens is 1. The first-order valence-electron chi connectivity index (χ1n) is 9.94. The molecule has 2 saturated heterocycles. The van der Waals surface area contributed by atoms with Crippen LogP contribution in [0.1, 0.15) is 35.2 Å². The Morgan fingerprint density at radius 3 is 2.93 bits per heavy atom. The maximum absolute atomic E-state index is 13.4. The molecule has 4 rings (SSSR count). The van der Waals surface area contributed by atoms with Crippen molar-refractivity contribution >= 4 is 5.91 Å². The molecule has 144 valence electrons. The van der Waals surface area contributed by atoms with Gasteiger partial charge in [0.2, 0.25) is 0 Å². The molecule has 2 aliphatic rings. The average Bonchev–Trinajstić information content (AvgIpc) is 3.19. The number of aromatic amines is 1. The number of aryl methyl sites for hydroxylation is 1. The number of nitrogens with one attached hydrogen (secondary N) is 1. The molecule has 1 aromatic carbocycles. The Labute approximate surface area is 160 Å². The van der Waals surface area contributed by atoms with E-state index in [1.165, 1.54) is 12.0 Å². The monoisotopic (exact) mass is 368 g/mol. The molecule has 0 bridgehead atoms. The second kappa shape index (κ2) is 8.23. The maximum atomic E-state index is 13.4. The third-order valence-corrected chi connectivity index (χ3v) is 5.64. The normalized spacial score (nSPS) is 21.4. The number of rotatable bonds is 4. The number of hydrogen-bond acceptors (Lipinski definition) is 4. The summed E-state index contributed by atoms with van der Waals surface area (Å²) in [6, 6.07) is 8.46. The molecular formula is C21H28N4O2. The van der Waals surface area contributed by atoms with Gasteiger partial charge in [0.05, 0.1) is 30.7 Å². The highest BCUT2D eigenvalue weighted by molar-refractivity contribution is 6.00. The van der Waals surface area contributed by atoms with Crippen LogP contribution < -0.4 is 0 Å². The summed E-state index contributed by atoms with van der Waals surface area (Å²) in [4.78, 5) is 17.9. The van der Waals surface area contributed by atoms with E-state index in [-0.39, 0.29) is 11.9 Å². The van der Waals surface area contributed by atoms with E-state index < -0.39 is 0 Å². The van der Waals surface area contributed by atoms with Crippen molar-refractivity contribution in [2.45, 2.75) is 32.2 Å². The third-order valence-electron chi connectivity index (χ3n) is 5.64. The molecule has 2 fully saturated rings. The lowest BCUT2D eigenvalue weighted by Gasteiger charge is -2.39. The largest absolute Gasteiger partial charge is 0.379 e. The number of morpholine rings is 1. The van der Waals surface area contributed by atoms with Crippen molar-refractivity contribution in [3.63, 3.8) is 0 Å². The number of benzene rings is 1. The predicted octanol–water partition coefficient (Wildman–Crippen LogP) is 2.71. The van der Waals surface area contributed by atoms with Gasteiger partial charge in [0.1, 0.15) is 0 Å². The van der Waals surface area contributed by atoms with Gasteiger partial charge in [-0.2, -0.15) is 5.10 Å². The first-order chi connectivity index (χ1) is 13.2. The van der Waals surface area contributed by atoms with Gasteiger partial charge in [0, 0.05) is 37.8 Å². The van der Waals surface area contributed by atoms with Crippen LogP contribution >= 0.6 is 0 Å². The van der Waals surface area contributed by atoms with E-state index in [0.717, 1.165) is 63.5 Å². The summed E-state index contributed by atoms with van der Waals surface area (Å²) in [7, 11) is 0. The van der Waals surface area contributed by atoms with Crippen LogP contribution in [0.15, 0.2) is 30.5 Å². The van der Waals surface area contributed by atoms with Crippen molar-refractivity contribution in [3.8, 4) is 11.3 Å². The highest BCUT2D eigenvalue weighted by Crippen LogP contribution is 2.26. The van der Waals surface area contributed by atoms with Crippen LogP contribution in [-0.4, -0.2) is 71.3 Å². The van der Waals surface area contributed by atoms with Gasteiger partial charge in [0.15, 0.2) is 0 Å². The summed E-state index contributed by atoms with van der Waals surface area (Å²) in [5, 5.41) is 7.23. The second-order valence-electron chi connectivity index (χ2n) is 7.59. The molecular weight excluding hydrogens is 340 g/mol. The summed E-state index contributed by atoms with van der Waals surface area (Å²) in [6.07, 6.45) is 5.01. The van der Waals surface area contributed by atoms with Crippen molar-refractivity contribution in [2.75, 3.05) is 39.4 Å². The Hall–Kier alpha value is -2.18. The number of amides is 1. The summed E-state index contributed by atoms with van der Waals surface area (Å²) < 4.78 is 5.46. The molecule has 0 aliphatic carbocycles. The molecule has 3 heterocycles. The molecule has 1 amide bonds. The van der Waals surface area contributed by atoms with Gasteiger partial charge < -0.3 is 9.64 Å². The first kappa shape index (κ1) is 18.2. The van der Waals surface area contributed by atoms with Crippen LogP contribution in [0.3, 0.4) is 0 Å². The Bertz CT molecular complexity index is 782. The van der Waals surface area contributed by atoms with E-state index in [2.05, 4.69) is 39.1 Å². The Kier molecular flexibility index (Phi) is 5.55. The number of piperidine rings is 1. The van der Waals surface area contributed by atoms with E-state index in [9.17, 15) is 4.79 Å². The van der Waals surface area contributed by atoms with Gasteiger partial charge in [0.25, 0.3) is 5.91 Å². The van der Waals surface area contributed by atoms with E-state index in [1.807, 2.05) is 12.1 Å². The van der Waals surface area contributed by atoms with Crippen LogP contribution in [0.25, 0.3) is 11.3 Å². The minimum absolute atomic E-state index is 0.0956. The van der Waals surface area contributed by atoms with Gasteiger partial charge in [-0.3, -0.25) is 14.8 Å². The lowest BCUT2D eigenvalue weighted by molar-refractivity contribution is 0.0166. The molecule has 2 aromatic rings. The minimum atomic E-state index is 0.0956. The zero-order chi connectivity index (χ0) is 18.6.